The number of carbonyl (C=O) groups is 1. The van der Waals surface area contributed by atoms with E-state index in [1.807, 2.05) is 5.32 Å². The Morgan fingerprint density at radius 1 is 1.62 bits per heavy atom. The largest absolute Gasteiger partial charge is 0.412 e. The molecule has 1 amide bonds. The Morgan fingerprint density at radius 2 is 2.25 bits per heavy atom. The van der Waals surface area contributed by atoms with E-state index in [2.05, 4.69) is 6.58 Å². The van der Waals surface area contributed by atoms with Crippen molar-refractivity contribution in [3.8, 4) is 0 Å². The van der Waals surface area contributed by atoms with Crippen LogP contribution in [0.25, 0.3) is 0 Å². The minimum atomic E-state index is -4.53. The van der Waals surface area contributed by atoms with Gasteiger partial charge in [-0.15, -0.1) is 0 Å². The molecule has 0 fully saturated rings. The van der Waals surface area contributed by atoms with Crippen molar-refractivity contribution >= 4 is 5.91 Å². The van der Waals surface area contributed by atoms with E-state index in [-0.39, 0.29) is 5.56 Å². The summed E-state index contributed by atoms with van der Waals surface area (Å²) in [5.74, 6) is -0.855. The molecule has 3 nitrogen and oxygen atoms in total. The Hall–Kier alpha value is -1.72. The van der Waals surface area contributed by atoms with Crippen LogP contribution in [0.1, 0.15) is 11.6 Å². The molecule has 1 aromatic heterocycles. The minimum Gasteiger partial charge on any atom is -0.357 e. The van der Waals surface area contributed by atoms with Gasteiger partial charge in [-0.3, -0.25) is 4.79 Å². The summed E-state index contributed by atoms with van der Waals surface area (Å²) in [4.78, 5) is 10.9. The number of hydrogen-bond acceptors (Lipinski definition) is 1. The maximum atomic E-state index is 12.7. The Morgan fingerprint density at radius 3 is 2.62 bits per heavy atom. The van der Waals surface area contributed by atoms with Crippen LogP contribution in [0, 0.1) is 0 Å². The SMILES string of the molecule is C=CC(=O)NC(c1ccn(C)c1)C(F)(F)F. The van der Waals surface area contributed by atoms with Crippen LogP contribution in [0.5, 0.6) is 0 Å². The lowest BCUT2D eigenvalue weighted by Crippen LogP contribution is -2.37. The fraction of sp³-hybridized carbons (Fsp3) is 0.300. The van der Waals surface area contributed by atoms with E-state index in [0.717, 1.165) is 6.08 Å². The predicted molar refractivity (Wildman–Crippen MR) is 52.5 cm³/mol. The van der Waals surface area contributed by atoms with Crippen molar-refractivity contribution in [2.24, 2.45) is 7.05 Å². The summed E-state index contributed by atoms with van der Waals surface area (Å²) in [5.41, 5.74) is -0.00907. The van der Waals surface area contributed by atoms with Gasteiger partial charge in [-0.25, -0.2) is 0 Å². The van der Waals surface area contributed by atoms with Crippen LogP contribution < -0.4 is 5.32 Å². The molecular formula is C10H11F3N2O. The van der Waals surface area contributed by atoms with E-state index >= 15 is 0 Å². The molecule has 6 heteroatoms. The van der Waals surface area contributed by atoms with E-state index in [4.69, 9.17) is 0 Å². The molecule has 1 rings (SSSR count). The number of halogens is 3. The van der Waals surface area contributed by atoms with Crippen molar-refractivity contribution in [2.45, 2.75) is 12.2 Å². The molecule has 0 bridgehead atoms. The number of hydrogen-bond donors (Lipinski definition) is 1. The van der Waals surface area contributed by atoms with Crippen LogP contribution in [0.2, 0.25) is 0 Å². The number of nitrogens with one attached hydrogen (secondary N) is 1. The predicted octanol–water partition coefficient (Wildman–Crippen LogP) is 1.93. The number of carbonyl (C=O) groups excluding carboxylic acids is 1. The summed E-state index contributed by atoms with van der Waals surface area (Å²) in [6, 6.07) is -0.694. The van der Waals surface area contributed by atoms with Gasteiger partial charge in [-0.2, -0.15) is 13.2 Å². The van der Waals surface area contributed by atoms with Crippen molar-refractivity contribution in [3.63, 3.8) is 0 Å². The van der Waals surface area contributed by atoms with Crippen molar-refractivity contribution < 1.29 is 18.0 Å². The van der Waals surface area contributed by atoms with Gasteiger partial charge in [0.25, 0.3) is 0 Å². The number of rotatable bonds is 3. The summed E-state index contributed by atoms with van der Waals surface area (Å²) >= 11 is 0. The van der Waals surface area contributed by atoms with Crippen molar-refractivity contribution in [1.29, 1.82) is 0 Å². The first-order valence-corrected chi connectivity index (χ1v) is 4.46. The Balaban J connectivity index is 2.97. The Kier molecular flexibility index (Phi) is 3.41. The molecule has 1 heterocycles. The molecule has 0 aromatic carbocycles. The van der Waals surface area contributed by atoms with Crippen molar-refractivity contribution in [1.82, 2.24) is 9.88 Å². The van der Waals surface area contributed by atoms with E-state index in [9.17, 15) is 18.0 Å². The molecular weight excluding hydrogens is 221 g/mol. The smallest absolute Gasteiger partial charge is 0.357 e. The fourth-order valence-corrected chi connectivity index (χ4v) is 1.25. The van der Waals surface area contributed by atoms with Crippen LogP contribution in [0.3, 0.4) is 0 Å². The van der Waals surface area contributed by atoms with E-state index in [1.165, 1.54) is 23.0 Å². The van der Waals surface area contributed by atoms with Crippen LogP contribution in [0.4, 0.5) is 13.2 Å². The fourth-order valence-electron chi connectivity index (χ4n) is 1.25. The first-order valence-electron chi connectivity index (χ1n) is 4.46. The van der Waals surface area contributed by atoms with Gasteiger partial charge in [-0.05, 0) is 12.1 Å². The third-order valence-electron chi connectivity index (χ3n) is 1.99. The first kappa shape index (κ1) is 12.4. The quantitative estimate of drug-likeness (QED) is 0.794. The number of nitrogens with zero attached hydrogens (tertiary/aromatic N) is 1. The van der Waals surface area contributed by atoms with Gasteiger partial charge in [0, 0.05) is 25.0 Å². The lowest BCUT2D eigenvalue weighted by Gasteiger charge is -2.19. The number of aromatic nitrogens is 1. The summed E-state index contributed by atoms with van der Waals surface area (Å²) in [7, 11) is 1.60. The molecule has 0 aliphatic carbocycles. The van der Waals surface area contributed by atoms with Gasteiger partial charge in [0.15, 0.2) is 6.04 Å². The molecule has 0 saturated carbocycles. The second-order valence-corrected chi connectivity index (χ2v) is 3.30. The standard InChI is InChI=1S/C10H11F3N2O/c1-3-8(16)14-9(10(11,12)13)7-4-5-15(2)6-7/h3-6,9H,1H2,2H3,(H,14,16). The zero-order chi connectivity index (χ0) is 12.3. The molecule has 0 saturated heterocycles. The van der Waals surface area contributed by atoms with Crippen LogP contribution in [-0.4, -0.2) is 16.7 Å². The van der Waals surface area contributed by atoms with Crippen LogP contribution in [-0.2, 0) is 11.8 Å². The summed E-state index contributed by atoms with van der Waals surface area (Å²) in [5, 5.41) is 1.84. The van der Waals surface area contributed by atoms with E-state index in [1.54, 1.807) is 7.05 Å². The molecule has 16 heavy (non-hydrogen) atoms. The van der Waals surface area contributed by atoms with Gasteiger partial charge in [0.2, 0.25) is 5.91 Å². The minimum absolute atomic E-state index is 0.00907. The zero-order valence-electron chi connectivity index (χ0n) is 8.58. The summed E-state index contributed by atoms with van der Waals surface area (Å²) < 4.78 is 39.4. The average molecular weight is 232 g/mol. The molecule has 1 N–H and O–H groups in total. The molecule has 0 aliphatic heterocycles. The van der Waals surface area contributed by atoms with Crippen molar-refractivity contribution in [3.05, 3.63) is 36.7 Å². The number of alkyl halides is 3. The molecule has 1 atom stereocenters. The highest BCUT2D eigenvalue weighted by molar-refractivity contribution is 5.87. The van der Waals surface area contributed by atoms with Gasteiger partial charge in [0.1, 0.15) is 0 Å². The maximum Gasteiger partial charge on any atom is 0.412 e. The first-order chi connectivity index (χ1) is 7.34. The third-order valence-corrected chi connectivity index (χ3v) is 1.99. The molecule has 1 aromatic rings. The van der Waals surface area contributed by atoms with E-state index in [0.29, 0.717) is 0 Å². The third kappa shape index (κ3) is 2.88. The number of aryl methyl sites for hydroxylation is 1. The van der Waals surface area contributed by atoms with Gasteiger partial charge in [-0.1, -0.05) is 6.58 Å². The Labute approximate surface area is 90.6 Å². The second kappa shape index (κ2) is 4.42. The highest BCUT2D eigenvalue weighted by atomic mass is 19.4. The van der Waals surface area contributed by atoms with Gasteiger partial charge >= 0.3 is 6.18 Å². The summed E-state index contributed by atoms with van der Waals surface area (Å²) in [6.45, 7) is 3.11. The van der Waals surface area contributed by atoms with Crippen LogP contribution in [0.15, 0.2) is 31.1 Å². The zero-order valence-corrected chi connectivity index (χ0v) is 8.58. The van der Waals surface area contributed by atoms with Gasteiger partial charge in [0.05, 0.1) is 0 Å². The second-order valence-electron chi connectivity index (χ2n) is 3.30. The number of amides is 1. The summed E-state index contributed by atoms with van der Waals surface area (Å²) in [6.07, 6.45) is -0.933. The molecule has 0 aliphatic rings. The lowest BCUT2D eigenvalue weighted by molar-refractivity contribution is -0.162. The molecule has 88 valence electrons. The highest BCUT2D eigenvalue weighted by Crippen LogP contribution is 2.32. The molecule has 0 radical (unpaired) electrons. The highest BCUT2D eigenvalue weighted by Gasteiger charge is 2.41. The molecule has 0 spiro atoms. The van der Waals surface area contributed by atoms with Crippen molar-refractivity contribution in [2.75, 3.05) is 0 Å². The van der Waals surface area contributed by atoms with Crippen LogP contribution >= 0.6 is 0 Å². The lowest BCUT2D eigenvalue weighted by atomic mass is 10.1. The normalized spacial score (nSPS) is 13.2. The maximum absolute atomic E-state index is 12.7. The average Bonchev–Trinajstić information content (AvgIpc) is 2.58. The van der Waals surface area contributed by atoms with E-state index < -0.39 is 18.1 Å². The Bertz CT molecular complexity index is 395. The topological polar surface area (TPSA) is 34.0 Å². The monoisotopic (exact) mass is 232 g/mol. The molecule has 1 unspecified atom stereocenters. The van der Waals surface area contributed by atoms with Gasteiger partial charge < -0.3 is 9.88 Å².